The van der Waals surface area contributed by atoms with E-state index in [1.807, 2.05) is 12.1 Å². The van der Waals surface area contributed by atoms with Crippen LogP contribution in [0.5, 0.6) is 5.75 Å². The molecule has 2 heterocycles. The van der Waals surface area contributed by atoms with Crippen molar-refractivity contribution in [3.63, 3.8) is 0 Å². The van der Waals surface area contributed by atoms with Crippen LogP contribution in [0, 0.1) is 0 Å². The highest BCUT2D eigenvalue weighted by molar-refractivity contribution is 6.32. The molecule has 32 heavy (non-hydrogen) atoms. The smallest absolute Gasteiger partial charge is 0.224 e. The highest BCUT2D eigenvalue weighted by Crippen LogP contribution is 2.32. The van der Waals surface area contributed by atoms with Gasteiger partial charge >= 0.3 is 0 Å². The van der Waals surface area contributed by atoms with Gasteiger partial charge in [-0.2, -0.15) is 0 Å². The number of nitrogens with one attached hydrogen (secondary N) is 1. The summed E-state index contributed by atoms with van der Waals surface area (Å²) in [4.78, 5) is 16.6. The fourth-order valence-corrected chi connectivity index (χ4v) is 4.85. The number of rotatable bonds is 7. The normalized spacial score (nSPS) is 18.8. The predicted octanol–water partition coefficient (Wildman–Crippen LogP) is 3.46. The molecule has 0 bridgehead atoms. The molecule has 6 nitrogen and oxygen atoms in total. The Morgan fingerprint density at radius 3 is 2.72 bits per heavy atom. The number of hydrogen-bond acceptors (Lipinski definition) is 5. The Bertz CT molecular complexity index is 944. The van der Waals surface area contributed by atoms with Crippen molar-refractivity contribution < 1.29 is 14.3 Å². The monoisotopic (exact) mass is 457 g/mol. The second-order valence-corrected chi connectivity index (χ2v) is 8.84. The van der Waals surface area contributed by atoms with Crippen LogP contribution in [0.3, 0.4) is 0 Å². The molecule has 1 N–H and O–H groups in total. The molecule has 4 rings (SSSR count). The maximum Gasteiger partial charge on any atom is 0.224 e. The number of fused-ring (bicyclic) bond motifs is 1. The van der Waals surface area contributed by atoms with Crippen molar-refractivity contribution in [1.29, 1.82) is 0 Å². The van der Waals surface area contributed by atoms with E-state index in [9.17, 15) is 4.79 Å². The summed E-state index contributed by atoms with van der Waals surface area (Å²) in [5, 5.41) is 3.35. The Morgan fingerprint density at radius 1 is 1.19 bits per heavy atom. The van der Waals surface area contributed by atoms with Gasteiger partial charge < -0.3 is 19.7 Å². The predicted molar refractivity (Wildman–Crippen MR) is 128 cm³/mol. The number of ether oxygens (including phenoxy) is 2. The first-order valence-corrected chi connectivity index (χ1v) is 11.7. The highest BCUT2D eigenvalue weighted by atomic mass is 35.5. The minimum absolute atomic E-state index is 0.0459. The van der Waals surface area contributed by atoms with Crippen molar-refractivity contribution in [1.82, 2.24) is 10.2 Å². The lowest BCUT2D eigenvalue weighted by Crippen LogP contribution is -2.47. The van der Waals surface area contributed by atoms with E-state index in [0.717, 1.165) is 63.4 Å². The molecule has 1 unspecified atom stereocenters. The van der Waals surface area contributed by atoms with E-state index < -0.39 is 0 Å². The number of nitrogens with zero attached hydrogens (tertiary/aromatic N) is 2. The van der Waals surface area contributed by atoms with Gasteiger partial charge in [-0.3, -0.25) is 9.69 Å². The highest BCUT2D eigenvalue weighted by Gasteiger charge is 2.24. The molecular weight excluding hydrogens is 426 g/mol. The van der Waals surface area contributed by atoms with Gasteiger partial charge in [-0.1, -0.05) is 29.8 Å². The van der Waals surface area contributed by atoms with E-state index in [2.05, 4.69) is 39.4 Å². The molecule has 1 saturated heterocycles. The molecule has 0 saturated carbocycles. The average molecular weight is 458 g/mol. The lowest BCUT2D eigenvalue weighted by atomic mass is 9.93. The van der Waals surface area contributed by atoms with E-state index in [1.165, 1.54) is 11.1 Å². The Labute approximate surface area is 195 Å². The van der Waals surface area contributed by atoms with E-state index in [0.29, 0.717) is 17.2 Å². The minimum Gasteiger partial charge on any atom is -0.495 e. The number of benzene rings is 2. The molecule has 0 radical (unpaired) electrons. The van der Waals surface area contributed by atoms with Crippen molar-refractivity contribution in [3.8, 4) is 5.75 Å². The van der Waals surface area contributed by atoms with Gasteiger partial charge in [0.05, 0.1) is 31.3 Å². The number of piperazine rings is 1. The zero-order chi connectivity index (χ0) is 22.5. The summed E-state index contributed by atoms with van der Waals surface area (Å²) in [6, 6.07) is 12.4. The molecule has 7 heteroatoms. The van der Waals surface area contributed by atoms with Gasteiger partial charge in [-0.15, -0.1) is 0 Å². The second kappa shape index (κ2) is 10.6. The quantitative estimate of drug-likeness (QED) is 0.690. The van der Waals surface area contributed by atoms with Crippen molar-refractivity contribution in [2.24, 2.45) is 0 Å². The van der Waals surface area contributed by atoms with Gasteiger partial charge in [-0.05, 0) is 47.7 Å². The standard InChI is InChI=1S/C25H32ClN3O3/c1-27-25(30)16-18-3-5-21-19(15-18)8-14-32-23(21)7-9-28-10-12-29(13-11-28)20-4-6-24(31-2)22(26)17-20/h3-6,15,17,23H,7-14,16H2,1-2H3,(H,27,30). The molecule has 2 aliphatic heterocycles. The Balaban J connectivity index is 1.30. The Morgan fingerprint density at radius 2 is 2.00 bits per heavy atom. The first-order valence-electron chi connectivity index (χ1n) is 11.3. The van der Waals surface area contributed by atoms with Crippen molar-refractivity contribution in [2.75, 3.05) is 58.4 Å². The molecule has 1 atom stereocenters. The summed E-state index contributed by atoms with van der Waals surface area (Å²) in [5.41, 5.74) is 4.82. The number of methoxy groups -OCH3 is 1. The molecule has 1 amide bonds. The number of likely N-dealkylation sites (N-methyl/N-ethyl adjacent to an activating group) is 1. The molecule has 0 aromatic heterocycles. The molecule has 1 fully saturated rings. The van der Waals surface area contributed by atoms with Crippen LogP contribution in [-0.2, 0) is 22.4 Å². The van der Waals surface area contributed by atoms with Crippen LogP contribution in [-0.4, -0.2) is 64.3 Å². The van der Waals surface area contributed by atoms with Crippen LogP contribution in [0.4, 0.5) is 5.69 Å². The summed E-state index contributed by atoms with van der Waals surface area (Å²) in [7, 11) is 3.31. The van der Waals surface area contributed by atoms with Crippen LogP contribution < -0.4 is 15.0 Å². The summed E-state index contributed by atoms with van der Waals surface area (Å²) >= 11 is 6.30. The first-order chi connectivity index (χ1) is 15.6. The summed E-state index contributed by atoms with van der Waals surface area (Å²) in [6.07, 6.45) is 2.46. The van der Waals surface area contributed by atoms with Gasteiger partial charge in [0.25, 0.3) is 0 Å². The molecule has 0 spiro atoms. The minimum atomic E-state index is 0.0459. The lowest BCUT2D eigenvalue weighted by molar-refractivity contribution is -0.119. The molecule has 2 aliphatic rings. The van der Waals surface area contributed by atoms with Crippen LogP contribution in [0.15, 0.2) is 36.4 Å². The maximum atomic E-state index is 11.7. The van der Waals surface area contributed by atoms with Crippen molar-refractivity contribution in [3.05, 3.63) is 58.1 Å². The number of anilines is 1. The van der Waals surface area contributed by atoms with Gasteiger partial charge in [-0.25, -0.2) is 0 Å². The molecule has 2 aromatic rings. The van der Waals surface area contributed by atoms with Crippen molar-refractivity contribution >= 4 is 23.2 Å². The topological polar surface area (TPSA) is 54.0 Å². The Kier molecular flexibility index (Phi) is 7.55. The van der Waals surface area contributed by atoms with E-state index in [4.69, 9.17) is 21.1 Å². The number of halogens is 1. The van der Waals surface area contributed by atoms with Crippen LogP contribution >= 0.6 is 11.6 Å². The van der Waals surface area contributed by atoms with E-state index in [1.54, 1.807) is 14.2 Å². The van der Waals surface area contributed by atoms with E-state index in [-0.39, 0.29) is 12.0 Å². The summed E-state index contributed by atoms with van der Waals surface area (Å²) < 4.78 is 11.4. The van der Waals surface area contributed by atoms with Gasteiger partial charge in [0.2, 0.25) is 5.91 Å². The van der Waals surface area contributed by atoms with Crippen LogP contribution in [0.1, 0.15) is 29.2 Å². The lowest BCUT2D eigenvalue weighted by Gasteiger charge is -2.37. The van der Waals surface area contributed by atoms with Crippen molar-refractivity contribution in [2.45, 2.75) is 25.4 Å². The zero-order valence-corrected chi connectivity index (χ0v) is 19.7. The van der Waals surface area contributed by atoms with Crippen LogP contribution in [0.2, 0.25) is 5.02 Å². The fraction of sp³-hybridized carbons (Fsp3) is 0.480. The zero-order valence-electron chi connectivity index (χ0n) is 18.9. The Hall–Kier alpha value is -2.28. The average Bonchev–Trinajstić information content (AvgIpc) is 2.82. The number of carbonyl (C=O) groups is 1. The van der Waals surface area contributed by atoms with Crippen LogP contribution in [0.25, 0.3) is 0 Å². The SMILES string of the molecule is CNC(=O)Cc1ccc2c(c1)CCOC2CCN1CCN(c2ccc(OC)c(Cl)c2)CC1. The third kappa shape index (κ3) is 5.37. The first kappa shape index (κ1) is 22.9. The number of amides is 1. The third-order valence-electron chi connectivity index (χ3n) is 6.47. The molecule has 2 aromatic carbocycles. The van der Waals surface area contributed by atoms with Gasteiger partial charge in [0, 0.05) is 45.5 Å². The molecule has 0 aliphatic carbocycles. The summed E-state index contributed by atoms with van der Waals surface area (Å²) in [6.45, 7) is 5.76. The largest absolute Gasteiger partial charge is 0.495 e. The van der Waals surface area contributed by atoms with Gasteiger partial charge in [0.15, 0.2) is 0 Å². The second-order valence-electron chi connectivity index (χ2n) is 8.43. The molecular formula is C25H32ClN3O3. The third-order valence-corrected chi connectivity index (χ3v) is 6.76. The fourth-order valence-electron chi connectivity index (χ4n) is 4.59. The number of hydrogen-bond donors (Lipinski definition) is 1. The van der Waals surface area contributed by atoms with E-state index >= 15 is 0 Å². The maximum absolute atomic E-state index is 11.7. The summed E-state index contributed by atoms with van der Waals surface area (Å²) in [5.74, 6) is 0.757. The van der Waals surface area contributed by atoms with Gasteiger partial charge in [0.1, 0.15) is 5.75 Å². The number of carbonyl (C=O) groups excluding carboxylic acids is 1. The molecule has 172 valence electrons.